The topological polar surface area (TPSA) is 34.0 Å². The zero-order chi connectivity index (χ0) is 14.1. The highest BCUT2D eigenvalue weighted by Gasteiger charge is 2.33. The molecule has 4 heteroatoms. The van der Waals surface area contributed by atoms with Gasteiger partial charge in [-0.1, -0.05) is 18.9 Å². The van der Waals surface area contributed by atoms with Gasteiger partial charge in [0, 0.05) is 18.4 Å². The number of imidazole rings is 1. The van der Waals surface area contributed by atoms with E-state index in [1.165, 1.54) is 50.8 Å². The largest absolute Gasteiger partial charge is 0.292 e. The van der Waals surface area contributed by atoms with Gasteiger partial charge in [-0.3, -0.25) is 9.47 Å². The first-order valence-electron chi connectivity index (χ1n) is 8.13. The lowest BCUT2D eigenvalue weighted by Gasteiger charge is -2.30. The van der Waals surface area contributed by atoms with E-state index >= 15 is 0 Å². The van der Waals surface area contributed by atoms with Gasteiger partial charge in [-0.05, 0) is 44.4 Å². The molecule has 0 unspecified atom stereocenters. The predicted octanol–water partition coefficient (Wildman–Crippen LogP) is 3.35. The van der Waals surface area contributed by atoms with Gasteiger partial charge in [0.1, 0.15) is 12.1 Å². The number of hydrogen-bond acceptors (Lipinski definition) is 3. The molecule has 1 aliphatic heterocycles. The molecule has 1 saturated carbocycles. The first kappa shape index (κ1) is 13.0. The van der Waals surface area contributed by atoms with E-state index in [4.69, 9.17) is 4.98 Å². The van der Waals surface area contributed by atoms with Crippen LogP contribution in [0.4, 0.5) is 0 Å². The van der Waals surface area contributed by atoms with Crippen LogP contribution >= 0.6 is 0 Å². The van der Waals surface area contributed by atoms with Gasteiger partial charge >= 0.3 is 0 Å². The highest BCUT2D eigenvalue weighted by atomic mass is 15.2. The smallest absolute Gasteiger partial charge is 0.138 e. The van der Waals surface area contributed by atoms with E-state index in [0.717, 1.165) is 11.9 Å². The van der Waals surface area contributed by atoms with Crippen molar-refractivity contribution >= 4 is 0 Å². The molecule has 110 valence electrons. The molecule has 4 rings (SSSR count). The second kappa shape index (κ2) is 5.60. The summed E-state index contributed by atoms with van der Waals surface area (Å²) in [6.45, 7) is 1.24. The van der Waals surface area contributed by atoms with Gasteiger partial charge in [-0.15, -0.1) is 0 Å². The molecule has 2 aromatic heterocycles. The van der Waals surface area contributed by atoms with Crippen molar-refractivity contribution in [2.24, 2.45) is 0 Å². The van der Waals surface area contributed by atoms with Crippen molar-refractivity contribution in [2.45, 2.75) is 50.6 Å². The molecule has 0 bridgehead atoms. The van der Waals surface area contributed by atoms with Crippen LogP contribution in [0.15, 0.2) is 36.9 Å². The molecule has 0 spiro atoms. The Kier molecular flexibility index (Phi) is 3.47. The third-order valence-corrected chi connectivity index (χ3v) is 4.95. The van der Waals surface area contributed by atoms with Crippen LogP contribution < -0.4 is 0 Å². The van der Waals surface area contributed by atoms with E-state index < -0.39 is 0 Å². The Labute approximate surface area is 125 Å². The third kappa shape index (κ3) is 2.48. The van der Waals surface area contributed by atoms with E-state index in [-0.39, 0.29) is 0 Å². The highest BCUT2D eigenvalue weighted by molar-refractivity contribution is 5.26. The Morgan fingerprint density at radius 1 is 1.05 bits per heavy atom. The number of hydrogen-bond donors (Lipinski definition) is 0. The van der Waals surface area contributed by atoms with Crippen LogP contribution in [0.25, 0.3) is 5.82 Å². The molecule has 2 fully saturated rings. The molecule has 0 radical (unpaired) electrons. The quantitative estimate of drug-likeness (QED) is 0.865. The average Bonchev–Trinajstić information content (AvgIpc) is 3.26. The van der Waals surface area contributed by atoms with Gasteiger partial charge < -0.3 is 0 Å². The Balaban J connectivity index is 1.61. The van der Waals surface area contributed by atoms with E-state index in [1.54, 1.807) is 6.20 Å². The fraction of sp³-hybridized carbons (Fsp3) is 0.529. The maximum absolute atomic E-state index is 4.90. The number of rotatable bonds is 3. The molecule has 21 heavy (non-hydrogen) atoms. The molecule has 1 atom stereocenters. The van der Waals surface area contributed by atoms with Gasteiger partial charge in [-0.2, -0.15) is 0 Å². The Morgan fingerprint density at radius 2 is 1.95 bits per heavy atom. The maximum Gasteiger partial charge on any atom is 0.138 e. The molecular weight excluding hydrogens is 260 g/mol. The summed E-state index contributed by atoms with van der Waals surface area (Å²) in [5.74, 6) is 0.975. The Bertz CT molecular complexity index is 587. The summed E-state index contributed by atoms with van der Waals surface area (Å²) >= 11 is 0. The SMILES string of the molecule is c1cc([C@@H]2CCCN2C2CCCC2)nc(-n2ccnc2)c1. The zero-order valence-electron chi connectivity index (χ0n) is 12.4. The summed E-state index contributed by atoms with van der Waals surface area (Å²) in [5, 5.41) is 0. The fourth-order valence-corrected chi connectivity index (χ4v) is 3.94. The normalized spacial score (nSPS) is 23.9. The number of nitrogens with zero attached hydrogens (tertiary/aromatic N) is 4. The minimum absolute atomic E-state index is 0.511. The molecule has 1 aliphatic carbocycles. The summed E-state index contributed by atoms with van der Waals surface area (Å²) in [7, 11) is 0. The number of pyridine rings is 1. The van der Waals surface area contributed by atoms with E-state index in [9.17, 15) is 0 Å². The Morgan fingerprint density at radius 3 is 2.76 bits per heavy atom. The van der Waals surface area contributed by atoms with Crippen molar-refractivity contribution in [3.63, 3.8) is 0 Å². The second-order valence-corrected chi connectivity index (χ2v) is 6.22. The molecular formula is C17H22N4. The third-order valence-electron chi connectivity index (χ3n) is 4.95. The zero-order valence-corrected chi connectivity index (χ0v) is 12.4. The van der Waals surface area contributed by atoms with Gasteiger partial charge in [0.2, 0.25) is 0 Å². The second-order valence-electron chi connectivity index (χ2n) is 6.22. The van der Waals surface area contributed by atoms with E-state index in [1.807, 2.05) is 17.1 Å². The van der Waals surface area contributed by atoms with Crippen LogP contribution in [-0.4, -0.2) is 32.0 Å². The molecule has 3 heterocycles. The van der Waals surface area contributed by atoms with Crippen molar-refractivity contribution in [1.29, 1.82) is 0 Å². The first-order valence-corrected chi connectivity index (χ1v) is 8.13. The van der Waals surface area contributed by atoms with Crippen molar-refractivity contribution in [1.82, 2.24) is 19.4 Å². The lowest BCUT2D eigenvalue weighted by molar-refractivity contribution is 0.180. The minimum Gasteiger partial charge on any atom is -0.292 e. The molecule has 2 aliphatic rings. The summed E-state index contributed by atoms with van der Waals surface area (Å²) < 4.78 is 1.98. The van der Waals surface area contributed by atoms with E-state index in [0.29, 0.717) is 6.04 Å². The van der Waals surface area contributed by atoms with Crippen LogP contribution in [0.5, 0.6) is 0 Å². The summed E-state index contributed by atoms with van der Waals surface area (Å²) in [6, 6.07) is 7.68. The van der Waals surface area contributed by atoms with Crippen LogP contribution in [0, 0.1) is 0 Å². The van der Waals surface area contributed by atoms with Gasteiger partial charge in [0.15, 0.2) is 0 Å². The summed E-state index contributed by atoms with van der Waals surface area (Å²) in [5.41, 5.74) is 1.23. The standard InChI is InChI=1S/C17H22N4/c1-2-6-14(5-1)21-11-4-8-16(21)15-7-3-9-17(19-15)20-12-10-18-13-20/h3,7,9-10,12-14,16H,1-2,4-6,8,11H2/t16-/m0/s1. The first-order chi connectivity index (χ1) is 10.4. The minimum atomic E-state index is 0.511. The van der Waals surface area contributed by atoms with Crippen molar-refractivity contribution in [3.8, 4) is 5.82 Å². The van der Waals surface area contributed by atoms with Crippen LogP contribution in [0.3, 0.4) is 0 Å². The van der Waals surface area contributed by atoms with Crippen molar-refractivity contribution in [3.05, 3.63) is 42.6 Å². The van der Waals surface area contributed by atoms with E-state index in [2.05, 4.69) is 28.1 Å². The maximum atomic E-state index is 4.90. The van der Waals surface area contributed by atoms with Crippen molar-refractivity contribution < 1.29 is 0 Å². The summed E-state index contributed by atoms with van der Waals surface area (Å²) in [4.78, 5) is 11.7. The lowest BCUT2D eigenvalue weighted by Crippen LogP contribution is -2.33. The highest BCUT2D eigenvalue weighted by Crippen LogP contribution is 2.37. The molecule has 2 aromatic rings. The van der Waals surface area contributed by atoms with Gasteiger partial charge in [-0.25, -0.2) is 9.97 Å². The van der Waals surface area contributed by atoms with Crippen molar-refractivity contribution in [2.75, 3.05) is 6.54 Å². The lowest BCUT2D eigenvalue weighted by atomic mass is 10.1. The van der Waals surface area contributed by atoms with Gasteiger partial charge in [0.25, 0.3) is 0 Å². The summed E-state index contributed by atoms with van der Waals surface area (Å²) in [6.07, 6.45) is 13.7. The van der Waals surface area contributed by atoms with Crippen LogP contribution in [0.2, 0.25) is 0 Å². The molecule has 0 N–H and O–H groups in total. The average molecular weight is 282 g/mol. The predicted molar refractivity (Wildman–Crippen MR) is 82.3 cm³/mol. The fourth-order valence-electron chi connectivity index (χ4n) is 3.94. The van der Waals surface area contributed by atoms with Crippen LogP contribution in [-0.2, 0) is 0 Å². The number of likely N-dealkylation sites (tertiary alicyclic amines) is 1. The molecule has 1 saturated heterocycles. The number of aromatic nitrogens is 3. The molecule has 4 nitrogen and oxygen atoms in total. The van der Waals surface area contributed by atoms with Crippen LogP contribution in [0.1, 0.15) is 50.3 Å². The molecule has 0 aromatic carbocycles. The molecule has 0 amide bonds. The monoisotopic (exact) mass is 282 g/mol. The Hall–Kier alpha value is -1.68. The van der Waals surface area contributed by atoms with Gasteiger partial charge in [0.05, 0.1) is 11.7 Å².